The number of nitrogens with zero attached hydrogens (tertiary/aromatic N) is 4. The summed E-state index contributed by atoms with van der Waals surface area (Å²) in [7, 11) is 1.88. The fraction of sp³-hybridized carbons (Fsp3) is 0.542. The third-order valence-corrected chi connectivity index (χ3v) is 6.70. The van der Waals surface area contributed by atoms with Crippen LogP contribution in [0.15, 0.2) is 36.7 Å². The topological polar surface area (TPSA) is 67.7 Å². The number of fused-ring (bicyclic) bond motifs is 1. The van der Waals surface area contributed by atoms with E-state index in [9.17, 15) is 9.59 Å². The van der Waals surface area contributed by atoms with Gasteiger partial charge in [0.15, 0.2) is 0 Å². The Labute approximate surface area is 184 Å². The monoisotopic (exact) mass is 424 g/mol. The summed E-state index contributed by atoms with van der Waals surface area (Å²) in [6, 6.07) is 8.35. The zero-order valence-electron chi connectivity index (χ0n) is 18.9. The van der Waals surface area contributed by atoms with Gasteiger partial charge in [-0.05, 0) is 45.6 Å². The minimum Gasteiger partial charge on any atom is -0.485 e. The van der Waals surface area contributed by atoms with Crippen molar-refractivity contribution in [2.75, 3.05) is 13.6 Å². The lowest BCUT2D eigenvalue weighted by Crippen LogP contribution is -2.52. The van der Waals surface area contributed by atoms with Gasteiger partial charge < -0.3 is 14.5 Å². The van der Waals surface area contributed by atoms with Crippen LogP contribution in [0.5, 0.6) is 5.75 Å². The molecule has 0 unspecified atom stereocenters. The second-order valence-corrected chi connectivity index (χ2v) is 9.22. The molecular formula is C24H32N4O3. The molecule has 1 saturated carbocycles. The molecule has 4 rings (SSSR count). The van der Waals surface area contributed by atoms with Gasteiger partial charge >= 0.3 is 0 Å². The third kappa shape index (κ3) is 4.31. The van der Waals surface area contributed by atoms with Crippen LogP contribution in [0.2, 0.25) is 0 Å². The van der Waals surface area contributed by atoms with Crippen LogP contribution < -0.4 is 4.74 Å². The zero-order valence-corrected chi connectivity index (χ0v) is 18.9. The summed E-state index contributed by atoms with van der Waals surface area (Å²) in [5.74, 6) is 0.942. The number of ether oxygens (including phenoxy) is 1. The van der Waals surface area contributed by atoms with E-state index in [0.29, 0.717) is 18.7 Å². The molecule has 1 aromatic carbocycles. The summed E-state index contributed by atoms with van der Waals surface area (Å²) in [5.41, 5.74) is 1.27. The second-order valence-electron chi connectivity index (χ2n) is 9.22. The van der Waals surface area contributed by atoms with Gasteiger partial charge in [-0.2, -0.15) is 5.10 Å². The van der Waals surface area contributed by atoms with Crippen LogP contribution in [0.4, 0.5) is 0 Å². The van der Waals surface area contributed by atoms with E-state index in [0.717, 1.165) is 37.0 Å². The van der Waals surface area contributed by atoms with Gasteiger partial charge in [0.05, 0.1) is 18.3 Å². The van der Waals surface area contributed by atoms with E-state index in [1.54, 1.807) is 13.1 Å². The van der Waals surface area contributed by atoms with Gasteiger partial charge in [0, 0.05) is 44.4 Å². The van der Waals surface area contributed by atoms with Crippen LogP contribution in [0.3, 0.4) is 0 Å². The van der Waals surface area contributed by atoms with Crippen LogP contribution in [0, 0.1) is 0 Å². The molecule has 0 N–H and O–H groups in total. The Morgan fingerprint density at radius 3 is 2.58 bits per heavy atom. The first kappa shape index (κ1) is 21.4. The SMILES string of the molecule is CC(=O)N1Cc2ccccc2OC2(CCC(N(C)C(=O)c3cnn(C(C)C)c3)CC2)C1. The van der Waals surface area contributed by atoms with Crippen molar-refractivity contribution in [2.45, 2.75) is 70.7 Å². The Morgan fingerprint density at radius 1 is 1.23 bits per heavy atom. The minimum atomic E-state index is -0.402. The zero-order chi connectivity index (χ0) is 22.2. The number of rotatable bonds is 3. The standard InChI is InChI=1S/C24H32N4O3/c1-17(2)28-15-20(13-25-28)23(30)26(4)21-9-11-24(12-10-21)16-27(18(3)29)14-19-7-5-6-8-22(19)31-24/h5-8,13,15,17,21H,9-12,14,16H2,1-4H3. The summed E-state index contributed by atoms with van der Waals surface area (Å²) < 4.78 is 8.37. The third-order valence-electron chi connectivity index (χ3n) is 6.70. The molecule has 1 aliphatic heterocycles. The van der Waals surface area contributed by atoms with Crippen molar-refractivity contribution in [3.63, 3.8) is 0 Å². The first-order chi connectivity index (χ1) is 14.8. The molecular weight excluding hydrogens is 392 g/mol. The molecule has 0 atom stereocenters. The van der Waals surface area contributed by atoms with E-state index in [-0.39, 0.29) is 23.9 Å². The van der Waals surface area contributed by atoms with Crippen LogP contribution >= 0.6 is 0 Å². The largest absolute Gasteiger partial charge is 0.485 e. The van der Waals surface area contributed by atoms with E-state index in [1.807, 2.05) is 65.8 Å². The van der Waals surface area contributed by atoms with Gasteiger partial charge in [0.25, 0.3) is 5.91 Å². The van der Waals surface area contributed by atoms with E-state index in [2.05, 4.69) is 5.10 Å². The highest BCUT2D eigenvalue weighted by molar-refractivity contribution is 5.93. The molecule has 2 amide bonds. The van der Waals surface area contributed by atoms with Crippen molar-refractivity contribution >= 4 is 11.8 Å². The lowest BCUT2D eigenvalue weighted by molar-refractivity contribution is -0.132. The Balaban J connectivity index is 1.47. The number of amides is 2. The van der Waals surface area contributed by atoms with Crippen molar-refractivity contribution in [1.82, 2.24) is 19.6 Å². The first-order valence-electron chi connectivity index (χ1n) is 11.1. The van der Waals surface area contributed by atoms with Gasteiger partial charge in [-0.1, -0.05) is 18.2 Å². The van der Waals surface area contributed by atoms with Crippen LogP contribution in [-0.2, 0) is 11.3 Å². The van der Waals surface area contributed by atoms with E-state index < -0.39 is 5.60 Å². The average molecular weight is 425 g/mol. The van der Waals surface area contributed by atoms with Crippen molar-refractivity contribution in [2.24, 2.45) is 0 Å². The molecule has 31 heavy (non-hydrogen) atoms. The molecule has 1 fully saturated rings. The quantitative estimate of drug-likeness (QED) is 0.754. The highest BCUT2D eigenvalue weighted by Gasteiger charge is 2.43. The molecule has 0 radical (unpaired) electrons. The molecule has 1 aromatic heterocycles. The number of aromatic nitrogens is 2. The highest BCUT2D eigenvalue weighted by atomic mass is 16.5. The highest BCUT2D eigenvalue weighted by Crippen LogP contribution is 2.39. The summed E-state index contributed by atoms with van der Waals surface area (Å²) in [4.78, 5) is 29.0. The second kappa shape index (κ2) is 8.36. The number of carbonyl (C=O) groups excluding carboxylic acids is 2. The summed E-state index contributed by atoms with van der Waals surface area (Å²) in [5, 5.41) is 4.30. The summed E-state index contributed by atoms with van der Waals surface area (Å²) >= 11 is 0. The molecule has 1 aliphatic carbocycles. The van der Waals surface area contributed by atoms with Crippen molar-refractivity contribution in [3.8, 4) is 5.75 Å². The van der Waals surface area contributed by atoms with Gasteiger partial charge in [-0.25, -0.2) is 0 Å². The normalized spacial score (nSPS) is 23.3. The van der Waals surface area contributed by atoms with Crippen LogP contribution in [0.25, 0.3) is 0 Å². The fourth-order valence-corrected chi connectivity index (χ4v) is 4.71. The number of para-hydroxylation sites is 1. The Kier molecular flexibility index (Phi) is 5.77. The van der Waals surface area contributed by atoms with Crippen LogP contribution in [0.1, 0.15) is 68.4 Å². The average Bonchev–Trinajstić information content (AvgIpc) is 3.18. The van der Waals surface area contributed by atoms with Gasteiger partial charge in [-0.15, -0.1) is 0 Å². The number of hydrogen-bond acceptors (Lipinski definition) is 4. The molecule has 2 aromatic rings. The van der Waals surface area contributed by atoms with Crippen molar-refractivity contribution < 1.29 is 14.3 Å². The molecule has 2 heterocycles. The number of carbonyl (C=O) groups is 2. The van der Waals surface area contributed by atoms with E-state index >= 15 is 0 Å². The maximum absolute atomic E-state index is 13.0. The van der Waals surface area contributed by atoms with Gasteiger partial charge in [-0.3, -0.25) is 14.3 Å². The number of benzene rings is 1. The summed E-state index contributed by atoms with van der Waals surface area (Å²) in [6.07, 6.45) is 6.77. The Hall–Kier alpha value is -2.83. The first-order valence-corrected chi connectivity index (χ1v) is 11.1. The van der Waals surface area contributed by atoms with Gasteiger partial charge in [0.1, 0.15) is 11.4 Å². The predicted octanol–water partition coefficient (Wildman–Crippen LogP) is 3.66. The summed E-state index contributed by atoms with van der Waals surface area (Å²) in [6.45, 7) is 6.87. The molecule has 7 nitrogen and oxygen atoms in total. The maximum Gasteiger partial charge on any atom is 0.257 e. The molecule has 2 aliphatic rings. The predicted molar refractivity (Wildman–Crippen MR) is 118 cm³/mol. The van der Waals surface area contributed by atoms with E-state index in [4.69, 9.17) is 4.74 Å². The van der Waals surface area contributed by atoms with Crippen molar-refractivity contribution in [1.29, 1.82) is 0 Å². The molecule has 7 heteroatoms. The fourth-order valence-electron chi connectivity index (χ4n) is 4.71. The minimum absolute atomic E-state index is 0.00495. The maximum atomic E-state index is 13.0. The molecule has 0 bridgehead atoms. The smallest absolute Gasteiger partial charge is 0.257 e. The van der Waals surface area contributed by atoms with Crippen LogP contribution in [-0.4, -0.2) is 56.6 Å². The number of hydrogen-bond donors (Lipinski definition) is 0. The molecule has 1 spiro atoms. The Morgan fingerprint density at radius 2 is 1.94 bits per heavy atom. The van der Waals surface area contributed by atoms with Crippen molar-refractivity contribution in [3.05, 3.63) is 47.8 Å². The lowest BCUT2D eigenvalue weighted by Gasteiger charge is -2.43. The van der Waals surface area contributed by atoms with Gasteiger partial charge in [0.2, 0.25) is 5.91 Å². The van der Waals surface area contributed by atoms with E-state index in [1.165, 1.54) is 0 Å². The lowest BCUT2D eigenvalue weighted by atomic mass is 9.81. The Bertz CT molecular complexity index is 959. The molecule has 0 saturated heterocycles. The molecule has 166 valence electrons.